The van der Waals surface area contributed by atoms with E-state index in [9.17, 15) is 4.79 Å². The first-order chi connectivity index (χ1) is 11.8. The van der Waals surface area contributed by atoms with Crippen molar-refractivity contribution in [2.24, 2.45) is 0 Å². The number of nitrogens with zero attached hydrogens (tertiary/aromatic N) is 4. The van der Waals surface area contributed by atoms with Crippen LogP contribution in [0.2, 0.25) is 0 Å². The summed E-state index contributed by atoms with van der Waals surface area (Å²) in [4.78, 5) is 12.3. The number of fused-ring (bicyclic) bond motifs is 1. The van der Waals surface area contributed by atoms with E-state index in [4.69, 9.17) is 0 Å². The first-order valence-electron chi connectivity index (χ1n) is 8.53. The number of thioether (sulfide) groups is 1. The van der Waals surface area contributed by atoms with Crippen molar-refractivity contribution in [3.8, 4) is 0 Å². The Balaban J connectivity index is 1.29. The molecule has 2 aromatic rings. The SMILES string of the molecule is O=C(CSCc1nnnn1C1CC1)NC1CCCc2ccccc21. The van der Waals surface area contributed by atoms with Gasteiger partial charge in [-0.1, -0.05) is 24.3 Å². The minimum atomic E-state index is 0.0900. The van der Waals surface area contributed by atoms with Crippen LogP contribution in [-0.2, 0) is 17.0 Å². The van der Waals surface area contributed by atoms with Crippen LogP contribution in [0.5, 0.6) is 0 Å². The highest BCUT2D eigenvalue weighted by molar-refractivity contribution is 7.99. The second kappa shape index (κ2) is 6.93. The molecule has 7 heteroatoms. The number of carbonyl (C=O) groups excluding carboxylic acids is 1. The summed E-state index contributed by atoms with van der Waals surface area (Å²) in [6.45, 7) is 0. The fraction of sp³-hybridized carbons (Fsp3) is 0.529. The zero-order valence-corrected chi connectivity index (χ0v) is 14.3. The van der Waals surface area contributed by atoms with E-state index in [1.54, 1.807) is 11.8 Å². The summed E-state index contributed by atoms with van der Waals surface area (Å²) in [6, 6.07) is 9.05. The molecule has 1 N–H and O–H groups in total. The van der Waals surface area contributed by atoms with Gasteiger partial charge in [0.1, 0.15) is 0 Å². The highest BCUT2D eigenvalue weighted by atomic mass is 32.2. The van der Waals surface area contributed by atoms with Gasteiger partial charge in [-0.2, -0.15) is 0 Å². The third-order valence-corrected chi connectivity index (χ3v) is 5.55. The molecular formula is C17H21N5OS. The van der Waals surface area contributed by atoms with Crippen LogP contribution < -0.4 is 5.32 Å². The fourth-order valence-corrected chi connectivity index (χ4v) is 4.03. The van der Waals surface area contributed by atoms with E-state index in [1.807, 2.05) is 4.68 Å². The van der Waals surface area contributed by atoms with Crippen molar-refractivity contribution in [1.29, 1.82) is 0 Å². The number of aromatic nitrogens is 4. The molecule has 1 atom stereocenters. The van der Waals surface area contributed by atoms with Crippen LogP contribution in [0.15, 0.2) is 24.3 Å². The highest BCUT2D eigenvalue weighted by Gasteiger charge is 2.27. The number of hydrogen-bond acceptors (Lipinski definition) is 5. The van der Waals surface area contributed by atoms with Gasteiger partial charge < -0.3 is 5.32 Å². The summed E-state index contributed by atoms with van der Waals surface area (Å²) in [6.07, 6.45) is 5.58. The molecule has 0 saturated heterocycles. The van der Waals surface area contributed by atoms with Crippen LogP contribution in [0.3, 0.4) is 0 Å². The number of nitrogens with one attached hydrogen (secondary N) is 1. The summed E-state index contributed by atoms with van der Waals surface area (Å²) >= 11 is 1.57. The van der Waals surface area contributed by atoms with Crippen molar-refractivity contribution in [1.82, 2.24) is 25.5 Å². The largest absolute Gasteiger partial charge is 0.349 e. The van der Waals surface area contributed by atoms with E-state index in [1.165, 1.54) is 11.1 Å². The number of rotatable bonds is 6. The quantitative estimate of drug-likeness (QED) is 0.872. The molecule has 1 saturated carbocycles. The summed E-state index contributed by atoms with van der Waals surface area (Å²) in [5.41, 5.74) is 2.64. The first kappa shape index (κ1) is 15.6. The van der Waals surface area contributed by atoms with Gasteiger partial charge in [0.05, 0.1) is 23.6 Å². The standard InChI is InChI=1S/C17H21N5OS/c23-17(11-24-10-16-19-20-21-22(16)13-8-9-13)18-15-7-3-5-12-4-1-2-6-14(12)15/h1-2,4,6,13,15H,3,5,7-11H2,(H,18,23). The maximum atomic E-state index is 12.3. The second-order valence-corrected chi connectivity index (χ2v) is 7.46. The van der Waals surface area contributed by atoms with Gasteiger partial charge in [0, 0.05) is 0 Å². The molecule has 0 aliphatic heterocycles. The predicted octanol–water partition coefficient (Wildman–Crippen LogP) is 2.44. The minimum absolute atomic E-state index is 0.0900. The number of benzene rings is 1. The number of aryl methyl sites for hydroxylation is 1. The van der Waals surface area contributed by atoms with Crippen LogP contribution in [0.25, 0.3) is 0 Å². The Bertz CT molecular complexity index is 727. The fourth-order valence-electron chi connectivity index (χ4n) is 3.28. The van der Waals surface area contributed by atoms with Gasteiger partial charge in [-0.3, -0.25) is 4.79 Å². The Morgan fingerprint density at radius 2 is 2.17 bits per heavy atom. The van der Waals surface area contributed by atoms with E-state index in [0.29, 0.717) is 17.5 Å². The Morgan fingerprint density at radius 1 is 1.29 bits per heavy atom. The van der Waals surface area contributed by atoms with E-state index in [0.717, 1.165) is 37.9 Å². The molecule has 6 nitrogen and oxygen atoms in total. The summed E-state index contributed by atoms with van der Waals surface area (Å²) in [5, 5.41) is 15.0. The van der Waals surface area contributed by atoms with Gasteiger partial charge in [-0.15, -0.1) is 16.9 Å². The average molecular weight is 343 g/mol. The monoisotopic (exact) mass is 343 g/mol. The number of hydrogen-bond donors (Lipinski definition) is 1. The molecule has 2 aliphatic rings. The smallest absolute Gasteiger partial charge is 0.230 e. The van der Waals surface area contributed by atoms with Crippen LogP contribution >= 0.6 is 11.8 Å². The molecule has 24 heavy (non-hydrogen) atoms. The molecule has 0 radical (unpaired) electrons. The lowest BCUT2D eigenvalue weighted by atomic mass is 9.88. The Hall–Kier alpha value is -1.89. The van der Waals surface area contributed by atoms with E-state index in [-0.39, 0.29) is 11.9 Å². The molecule has 126 valence electrons. The van der Waals surface area contributed by atoms with Crippen LogP contribution in [0, 0.1) is 0 Å². The molecule has 1 amide bonds. The van der Waals surface area contributed by atoms with Crippen LogP contribution in [0.4, 0.5) is 0 Å². The van der Waals surface area contributed by atoms with Gasteiger partial charge in [-0.05, 0) is 53.7 Å². The molecule has 0 spiro atoms. The molecule has 1 aromatic heterocycles. The van der Waals surface area contributed by atoms with Crippen molar-refractivity contribution in [2.45, 2.75) is 49.9 Å². The van der Waals surface area contributed by atoms with Crippen molar-refractivity contribution in [3.05, 3.63) is 41.2 Å². The summed E-state index contributed by atoms with van der Waals surface area (Å²) < 4.78 is 1.91. The number of carbonyl (C=O) groups is 1. The normalized spacial score (nSPS) is 19.8. The topological polar surface area (TPSA) is 72.7 Å². The zero-order valence-electron chi connectivity index (χ0n) is 13.5. The first-order valence-corrected chi connectivity index (χ1v) is 9.68. The molecule has 2 aliphatic carbocycles. The molecule has 1 fully saturated rings. The van der Waals surface area contributed by atoms with Crippen molar-refractivity contribution in [3.63, 3.8) is 0 Å². The summed E-state index contributed by atoms with van der Waals surface area (Å²) in [7, 11) is 0. The Labute approximate surface area is 145 Å². The van der Waals surface area contributed by atoms with E-state index < -0.39 is 0 Å². The lowest BCUT2D eigenvalue weighted by molar-refractivity contribution is -0.119. The van der Waals surface area contributed by atoms with Gasteiger partial charge in [-0.25, -0.2) is 4.68 Å². The minimum Gasteiger partial charge on any atom is -0.349 e. The van der Waals surface area contributed by atoms with Gasteiger partial charge in [0.25, 0.3) is 0 Å². The van der Waals surface area contributed by atoms with Crippen LogP contribution in [0.1, 0.15) is 54.7 Å². The van der Waals surface area contributed by atoms with E-state index in [2.05, 4.69) is 45.1 Å². The van der Waals surface area contributed by atoms with E-state index >= 15 is 0 Å². The lowest BCUT2D eigenvalue weighted by Crippen LogP contribution is -2.32. The van der Waals surface area contributed by atoms with Crippen LogP contribution in [-0.4, -0.2) is 31.9 Å². The summed E-state index contributed by atoms with van der Waals surface area (Å²) in [5.74, 6) is 2.08. The van der Waals surface area contributed by atoms with Gasteiger partial charge >= 0.3 is 0 Å². The molecule has 1 heterocycles. The highest BCUT2D eigenvalue weighted by Crippen LogP contribution is 2.35. The average Bonchev–Trinajstić information content (AvgIpc) is 3.34. The zero-order chi connectivity index (χ0) is 16.4. The third kappa shape index (κ3) is 3.45. The Kier molecular flexibility index (Phi) is 4.51. The van der Waals surface area contributed by atoms with Crippen molar-refractivity contribution >= 4 is 17.7 Å². The molecular weight excluding hydrogens is 322 g/mol. The Morgan fingerprint density at radius 3 is 3.04 bits per heavy atom. The lowest BCUT2D eigenvalue weighted by Gasteiger charge is -2.26. The van der Waals surface area contributed by atoms with Gasteiger partial charge in [0.15, 0.2) is 5.82 Å². The third-order valence-electron chi connectivity index (χ3n) is 4.62. The maximum absolute atomic E-state index is 12.3. The molecule has 1 unspecified atom stereocenters. The molecule has 1 aromatic carbocycles. The molecule has 0 bridgehead atoms. The maximum Gasteiger partial charge on any atom is 0.230 e. The van der Waals surface area contributed by atoms with Gasteiger partial charge in [0.2, 0.25) is 5.91 Å². The molecule has 4 rings (SSSR count). The van der Waals surface area contributed by atoms with Crippen molar-refractivity contribution < 1.29 is 4.79 Å². The predicted molar refractivity (Wildman–Crippen MR) is 92.5 cm³/mol. The number of tetrazole rings is 1. The number of amides is 1. The van der Waals surface area contributed by atoms with Crippen molar-refractivity contribution in [2.75, 3.05) is 5.75 Å². The second-order valence-electron chi connectivity index (χ2n) is 6.47.